The first-order valence-electron chi connectivity index (χ1n) is 5.24. The summed E-state index contributed by atoms with van der Waals surface area (Å²) in [5, 5.41) is 9.15. The second-order valence-electron chi connectivity index (χ2n) is 5.04. The van der Waals surface area contributed by atoms with E-state index in [0.29, 0.717) is 5.92 Å². The summed E-state index contributed by atoms with van der Waals surface area (Å²) in [6, 6.07) is 0. The molecule has 0 aliphatic rings. The van der Waals surface area contributed by atoms with E-state index in [0.717, 1.165) is 19.6 Å². The number of nitrogens with zero attached hydrogens (tertiary/aromatic N) is 1. The lowest BCUT2D eigenvalue weighted by molar-refractivity contribution is 0.0994. The average molecular weight is 187 g/mol. The predicted octanol–water partition coefficient (Wildman–Crippen LogP) is 1.98. The van der Waals surface area contributed by atoms with Gasteiger partial charge in [0.25, 0.3) is 0 Å². The Bertz CT molecular complexity index is 132. The van der Waals surface area contributed by atoms with Crippen LogP contribution in [0.1, 0.15) is 34.6 Å². The van der Waals surface area contributed by atoms with Crippen molar-refractivity contribution in [1.82, 2.24) is 4.90 Å². The summed E-state index contributed by atoms with van der Waals surface area (Å²) in [5.74, 6) is 0.703. The summed E-state index contributed by atoms with van der Waals surface area (Å²) >= 11 is 0. The van der Waals surface area contributed by atoms with Crippen molar-refractivity contribution in [3.63, 3.8) is 0 Å². The van der Waals surface area contributed by atoms with E-state index in [1.807, 2.05) is 0 Å². The molecule has 0 saturated heterocycles. The van der Waals surface area contributed by atoms with Gasteiger partial charge in [-0.1, -0.05) is 34.6 Å². The quantitative estimate of drug-likeness (QED) is 0.687. The summed E-state index contributed by atoms with van der Waals surface area (Å²) in [4.78, 5) is 2.40. The minimum absolute atomic E-state index is 0.0326. The summed E-state index contributed by atoms with van der Waals surface area (Å²) in [6.45, 7) is 14.3. The Hall–Kier alpha value is -0.0800. The van der Waals surface area contributed by atoms with E-state index in [2.05, 4.69) is 39.5 Å². The number of aliphatic hydroxyl groups excluding tert-OH is 1. The molecule has 1 N–H and O–H groups in total. The van der Waals surface area contributed by atoms with Gasteiger partial charge in [-0.15, -0.1) is 0 Å². The minimum atomic E-state index is 0.0326. The predicted molar refractivity (Wildman–Crippen MR) is 57.8 cm³/mol. The molecule has 0 aliphatic heterocycles. The van der Waals surface area contributed by atoms with Gasteiger partial charge in [-0.2, -0.15) is 0 Å². The zero-order valence-electron chi connectivity index (χ0n) is 9.80. The molecule has 0 aromatic rings. The van der Waals surface area contributed by atoms with Crippen molar-refractivity contribution in [3.8, 4) is 0 Å². The Balaban J connectivity index is 3.97. The van der Waals surface area contributed by atoms with Crippen molar-refractivity contribution in [2.45, 2.75) is 34.6 Å². The van der Waals surface area contributed by atoms with Gasteiger partial charge in [0.15, 0.2) is 0 Å². The Kier molecular flexibility index (Phi) is 5.57. The number of hydrogen-bond acceptors (Lipinski definition) is 2. The monoisotopic (exact) mass is 187 g/mol. The second kappa shape index (κ2) is 5.61. The van der Waals surface area contributed by atoms with Crippen molar-refractivity contribution in [1.29, 1.82) is 0 Å². The zero-order chi connectivity index (χ0) is 10.5. The summed E-state index contributed by atoms with van der Waals surface area (Å²) < 4.78 is 0. The first-order chi connectivity index (χ1) is 5.91. The maximum absolute atomic E-state index is 9.15. The third kappa shape index (κ3) is 6.05. The van der Waals surface area contributed by atoms with E-state index in [-0.39, 0.29) is 12.0 Å². The van der Waals surface area contributed by atoms with Crippen molar-refractivity contribution < 1.29 is 5.11 Å². The lowest BCUT2D eigenvalue weighted by atomic mass is 9.94. The molecule has 0 atom stereocenters. The van der Waals surface area contributed by atoms with Gasteiger partial charge >= 0.3 is 0 Å². The van der Waals surface area contributed by atoms with Gasteiger partial charge in [-0.25, -0.2) is 0 Å². The fourth-order valence-electron chi connectivity index (χ4n) is 1.48. The van der Waals surface area contributed by atoms with Gasteiger partial charge in [0.1, 0.15) is 0 Å². The fourth-order valence-corrected chi connectivity index (χ4v) is 1.48. The highest BCUT2D eigenvalue weighted by Crippen LogP contribution is 2.16. The van der Waals surface area contributed by atoms with Crippen molar-refractivity contribution in [3.05, 3.63) is 0 Å². The van der Waals surface area contributed by atoms with Crippen LogP contribution in [0.25, 0.3) is 0 Å². The average Bonchev–Trinajstić information content (AvgIpc) is 2.02. The highest BCUT2D eigenvalue weighted by atomic mass is 16.3. The first-order valence-corrected chi connectivity index (χ1v) is 5.24. The molecule has 0 amide bonds. The Labute approximate surface area is 82.9 Å². The molecule has 2 nitrogen and oxygen atoms in total. The fraction of sp³-hybridized carbons (Fsp3) is 1.00. The van der Waals surface area contributed by atoms with Gasteiger partial charge in [-0.3, -0.25) is 0 Å². The molecule has 0 bridgehead atoms. The Morgan fingerprint density at radius 1 is 1.31 bits per heavy atom. The van der Waals surface area contributed by atoms with Crippen molar-refractivity contribution in [2.75, 3.05) is 26.2 Å². The van der Waals surface area contributed by atoms with Crippen LogP contribution < -0.4 is 0 Å². The van der Waals surface area contributed by atoms with Crippen molar-refractivity contribution >= 4 is 0 Å². The summed E-state index contributed by atoms with van der Waals surface area (Å²) in [7, 11) is 0. The highest BCUT2D eigenvalue weighted by molar-refractivity contribution is 4.72. The van der Waals surface area contributed by atoms with Crippen LogP contribution in [0.5, 0.6) is 0 Å². The summed E-state index contributed by atoms with van der Waals surface area (Å²) in [5.41, 5.74) is 0.0326. The van der Waals surface area contributed by atoms with Crippen LogP contribution in [0.15, 0.2) is 0 Å². The molecule has 0 aromatic heterocycles. The lowest BCUT2D eigenvalue weighted by Gasteiger charge is -2.31. The molecule has 0 aliphatic carbocycles. The Morgan fingerprint density at radius 3 is 2.15 bits per heavy atom. The first kappa shape index (κ1) is 12.9. The number of hydrogen-bond donors (Lipinski definition) is 1. The van der Waals surface area contributed by atoms with E-state index < -0.39 is 0 Å². The molecular weight excluding hydrogens is 162 g/mol. The molecule has 80 valence electrons. The zero-order valence-corrected chi connectivity index (χ0v) is 9.80. The lowest BCUT2D eigenvalue weighted by Crippen LogP contribution is -2.38. The maximum atomic E-state index is 9.15. The molecule has 0 spiro atoms. The van der Waals surface area contributed by atoms with Crippen LogP contribution >= 0.6 is 0 Å². The minimum Gasteiger partial charge on any atom is -0.396 e. The third-order valence-electron chi connectivity index (χ3n) is 2.15. The molecule has 0 radical (unpaired) electrons. The largest absolute Gasteiger partial charge is 0.396 e. The van der Waals surface area contributed by atoms with Crippen LogP contribution in [-0.2, 0) is 0 Å². The molecule has 0 saturated carbocycles. The molecule has 0 fully saturated rings. The van der Waals surface area contributed by atoms with Gasteiger partial charge in [-0.05, 0) is 12.5 Å². The van der Waals surface area contributed by atoms with Crippen molar-refractivity contribution in [2.24, 2.45) is 11.3 Å². The molecule has 0 unspecified atom stereocenters. The molecule has 2 heteroatoms. The molecule has 13 heavy (non-hydrogen) atoms. The topological polar surface area (TPSA) is 23.5 Å². The maximum Gasteiger partial charge on any atom is 0.0494 e. The standard InChI is InChI=1S/C11H25NO/c1-6-12(7-10(2)3)8-11(4,5)9-13/h10,13H,6-9H2,1-5H3. The SMILES string of the molecule is CCN(CC(C)C)CC(C)(C)CO. The van der Waals surface area contributed by atoms with Crippen LogP contribution in [0.4, 0.5) is 0 Å². The molecule has 0 heterocycles. The van der Waals surface area contributed by atoms with Crippen LogP contribution in [-0.4, -0.2) is 36.2 Å². The van der Waals surface area contributed by atoms with Crippen LogP contribution in [0.2, 0.25) is 0 Å². The number of aliphatic hydroxyl groups is 1. The third-order valence-corrected chi connectivity index (χ3v) is 2.15. The number of rotatable bonds is 6. The van der Waals surface area contributed by atoms with E-state index in [1.54, 1.807) is 0 Å². The van der Waals surface area contributed by atoms with E-state index in [9.17, 15) is 0 Å². The Morgan fingerprint density at radius 2 is 1.85 bits per heavy atom. The van der Waals surface area contributed by atoms with Gasteiger partial charge in [0.05, 0.1) is 0 Å². The van der Waals surface area contributed by atoms with Gasteiger partial charge in [0, 0.05) is 25.1 Å². The second-order valence-corrected chi connectivity index (χ2v) is 5.04. The van der Waals surface area contributed by atoms with Crippen LogP contribution in [0, 0.1) is 11.3 Å². The van der Waals surface area contributed by atoms with E-state index in [1.165, 1.54) is 0 Å². The normalized spacial score (nSPS) is 12.9. The highest BCUT2D eigenvalue weighted by Gasteiger charge is 2.20. The molecule has 0 rings (SSSR count). The van der Waals surface area contributed by atoms with Gasteiger partial charge in [0.2, 0.25) is 0 Å². The molecular formula is C11H25NO. The summed E-state index contributed by atoms with van der Waals surface area (Å²) in [6.07, 6.45) is 0. The molecule has 0 aromatic carbocycles. The smallest absolute Gasteiger partial charge is 0.0494 e. The van der Waals surface area contributed by atoms with E-state index in [4.69, 9.17) is 5.11 Å². The van der Waals surface area contributed by atoms with E-state index >= 15 is 0 Å². The van der Waals surface area contributed by atoms with Crippen LogP contribution in [0.3, 0.4) is 0 Å². The van der Waals surface area contributed by atoms with Gasteiger partial charge < -0.3 is 10.0 Å².